The summed E-state index contributed by atoms with van der Waals surface area (Å²) in [7, 11) is 3.35. The number of H-pyrrole nitrogens is 1. The van der Waals surface area contributed by atoms with Gasteiger partial charge in [-0.15, -0.1) is 0 Å². The van der Waals surface area contributed by atoms with E-state index in [0.29, 0.717) is 13.2 Å². The lowest BCUT2D eigenvalue weighted by atomic mass is 10.1. The topological polar surface area (TPSA) is 72.1 Å². The Morgan fingerprint density at radius 1 is 1.35 bits per heavy atom. The van der Waals surface area contributed by atoms with Gasteiger partial charge in [-0.1, -0.05) is 0 Å². The van der Waals surface area contributed by atoms with Crippen LogP contribution in [-0.2, 0) is 16.0 Å². The summed E-state index contributed by atoms with van der Waals surface area (Å²) in [5.41, 5.74) is 3.12. The van der Waals surface area contributed by atoms with E-state index in [-0.39, 0.29) is 6.10 Å². The van der Waals surface area contributed by atoms with Crippen molar-refractivity contribution in [2.45, 2.75) is 12.6 Å². The first-order valence-electron chi connectivity index (χ1n) is 6.50. The third kappa shape index (κ3) is 3.86. The summed E-state index contributed by atoms with van der Waals surface area (Å²) in [4.78, 5) is 4.12. The van der Waals surface area contributed by atoms with Gasteiger partial charge in [-0.05, 0) is 12.1 Å². The summed E-state index contributed by atoms with van der Waals surface area (Å²) in [5, 5.41) is 10.5. The van der Waals surface area contributed by atoms with E-state index in [0.717, 1.165) is 23.4 Å². The summed E-state index contributed by atoms with van der Waals surface area (Å²) < 4.78 is 10.4. The average molecular weight is 276 g/mol. The number of pyridine rings is 1. The Hall–Kier alpha value is -1.76. The molecule has 108 valence electrons. The van der Waals surface area contributed by atoms with Crippen molar-refractivity contribution < 1.29 is 9.47 Å². The monoisotopic (exact) mass is 276 g/mol. The molecular weight excluding hydrogens is 256 g/mol. The molecule has 2 aromatic rings. The average Bonchev–Trinajstić information content (AvgIpc) is 2.95. The predicted molar refractivity (Wildman–Crippen MR) is 76.2 cm³/mol. The third-order valence-electron chi connectivity index (χ3n) is 3.04. The Balaban J connectivity index is 1.93. The molecule has 2 aromatic heterocycles. The fraction of sp³-hybridized carbons (Fsp3) is 0.429. The molecule has 0 radical (unpaired) electrons. The number of nitrogens with zero attached hydrogens (tertiary/aromatic N) is 2. The van der Waals surface area contributed by atoms with E-state index in [9.17, 15) is 0 Å². The summed E-state index contributed by atoms with van der Waals surface area (Å²) in [6.07, 6.45) is 5.45. The Kier molecular flexibility index (Phi) is 5.67. The van der Waals surface area contributed by atoms with E-state index >= 15 is 0 Å². The highest BCUT2D eigenvalue weighted by Gasteiger charge is 2.09. The number of ether oxygens (including phenoxy) is 2. The molecule has 1 unspecified atom stereocenters. The predicted octanol–water partition coefficient (Wildman–Crippen LogP) is 1.22. The number of nitrogens with one attached hydrogen (secondary N) is 2. The van der Waals surface area contributed by atoms with Crippen molar-refractivity contribution in [2.24, 2.45) is 0 Å². The molecule has 0 amide bonds. The van der Waals surface area contributed by atoms with E-state index < -0.39 is 0 Å². The number of aromatic nitrogens is 3. The molecule has 0 aliphatic heterocycles. The minimum atomic E-state index is 0.0498. The molecule has 20 heavy (non-hydrogen) atoms. The van der Waals surface area contributed by atoms with Crippen molar-refractivity contribution in [3.05, 3.63) is 36.3 Å². The van der Waals surface area contributed by atoms with Crippen LogP contribution in [0.15, 0.2) is 30.7 Å². The normalized spacial score (nSPS) is 12.5. The van der Waals surface area contributed by atoms with Crippen LogP contribution in [0.5, 0.6) is 0 Å². The number of hydrogen-bond donors (Lipinski definition) is 2. The maximum Gasteiger partial charge on any atom is 0.0928 e. The highest BCUT2D eigenvalue weighted by molar-refractivity contribution is 5.61. The summed E-state index contributed by atoms with van der Waals surface area (Å²) in [5.74, 6) is 0. The van der Waals surface area contributed by atoms with Gasteiger partial charge in [0, 0.05) is 50.8 Å². The van der Waals surface area contributed by atoms with Gasteiger partial charge in [0.25, 0.3) is 0 Å². The fourth-order valence-corrected chi connectivity index (χ4v) is 1.97. The summed E-state index contributed by atoms with van der Waals surface area (Å²) in [6.45, 7) is 2.01. The first-order chi connectivity index (χ1) is 9.85. The van der Waals surface area contributed by atoms with Crippen molar-refractivity contribution in [1.29, 1.82) is 0 Å². The van der Waals surface area contributed by atoms with Gasteiger partial charge in [-0.25, -0.2) is 0 Å². The zero-order valence-corrected chi connectivity index (χ0v) is 11.8. The molecule has 0 aromatic carbocycles. The second-order valence-electron chi connectivity index (χ2n) is 4.46. The quantitative estimate of drug-likeness (QED) is 0.758. The van der Waals surface area contributed by atoms with Gasteiger partial charge in [0.1, 0.15) is 0 Å². The molecule has 2 N–H and O–H groups in total. The molecule has 0 spiro atoms. The van der Waals surface area contributed by atoms with Crippen molar-refractivity contribution in [1.82, 2.24) is 20.5 Å². The highest BCUT2D eigenvalue weighted by Crippen LogP contribution is 2.19. The molecule has 0 aliphatic carbocycles. The largest absolute Gasteiger partial charge is 0.382 e. The molecule has 0 saturated heterocycles. The van der Waals surface area contributed by atoms with Crippen LogP contribution in [0, 0.1) is 0 Å². The maximum atomic E-state index is 5.30. The van der Waals surface area contributed by atoms with Crippen LogP contribution >= 0.6 is 0 Å². The minimum absolute atomic E-state index is 0.0498. The summed E-state index contributed by atoms with van der Waals surface area (Å²) in [6, 6.07) is 3.92. The smallest absolute Gasteiger partial charge is 0.0928 e. The van der Waals surface area contributed by atoms with Crippen molar-refractivity contribution in [3.8, 4) is 11.3 Å². The van der Waals surface area contributed by atoms with Crippen molar-refractivity contribution >= 4 is 0 Å². The van der Waals surface area contributed by atoms with Crippen LogP contribution in [0.4, 0.5) is 0 Å². The molecule has 0 saturated carbocycles. The number of aromatic amines is 1. The lowest BCUT2D eigenvalue weighted by Gasteiger charge is -2.14. The molecule has 2 rings (SSSR count). The molecule has 6 heteroatoms. The highest BCUT2D eigenvalue weighted by atomic mass is 16.5. The van der Waals surface area contributed by atoms with Crippen molar-refractivity contribution in [3.63, 3.8) is 0 Å². The van der Waals surface area contributed by atoms with Gasteiger partial charge in [0.05, 0.1) is 24.6 Å². The Morgan fingerprint density at radius 3 is 2.95 bits per heavy atom. The molecule has 0 fully saturated rings. The minimum Gasteiger partial charge on any atom is -0.382 e. The Labute approximate surface area is 118 Å². The zero-order valence-electron chi connectivity index (χ0n) is 11.8. The molecule has 1 atom stereocenters. The van der Waals surface area contributed by atoms with Gasteiger partial charge in [-0.3, -0.25) is 10.1 Å². The Bertz CT molecular complexity index is 501. The standard InChI is InChI=1S/C14H20N4O2/c1-19-10-13(20-2)9-16-7-12-8-17-18-14(12)11-4-3-5-15-6-11/h3-6,8,13,16H,7,9-10H2,1-2H3,(H,17,18). The van der Waals surface area contributed by atoms with Gasteiger partial charge in [0.15, 0.2) is 0 Å². The van der Waals surface area contributed by atoms with Crippen molar-refractivity contribution in [2.75, 3.05) is 27.4 Å². The van der Waals surface area contributed by atoms with E-state index in [1.165, 1.54) is 0 Å². The van der Waals surface area contributed by atoms with Crippen LogP contribution in [0.2, 0.25) is 0 Å². The van der Waals surface area contributed by atoms with Gasteiger partial charge in [0.2, 0.25) is 0 Å². The van der Waals surface area contributed by atoms with E-state index in [2.05, 4.69) is 20.5 Å². The van der Waals surface area contributed by atoms with E-state index in [1.54, 1.807) is 20.4 Å². The fourth-order valence-electron chi connectivity index (χ4n) is 1.97. The number of methoxy groups -OCH3 is 2. The summed E-state index contributed by atoms with van der Waals surface area (Å²) >= 11 is 0. The molecule has 2 heterocycles. The lowest BCUT2D eigenvalue weighted by Crippen LogP contribution is -2.31. The first-order valence-corrected chi connectivity index (χ1v) is 6.50. The second-order valence-corrected chi connectivity index (χ2v) is 4.46. The molecule has 6 nitrogen and oxygen atoms in total. The SMILES string of the molecule is COCC(CNCc1cn[nH]c1-c1cccnc1)OC. The molecular formula is C14H20N4O2. The zero-order chi connectivity index (χ0) is 14.2. The molecule has 0 bridgehead atoms. The van der Waals surface area contributed by atoms with Gasteiger partial charge in [-0.2, -0.15) is 5.10 Å². The van der Waals surface area contributed by atoms with Crippen LogP contribution in [0.3, 0.4) is 0 Å². The molecule has 0 aliphatic rings. The van der Waals surface area contributed by atoms with E-state index in [1.807, 2.05) is 24.5 Å². The van der Waals surface area contributed by atoms with Gasteiger partial charge >= 0.3 is 0 Å². The Morgan fingerprint density at radius 2 is 2.25 bits per heavy atom. The lowest BCUT2D eigenvalue weighted by molar-refractivity contribution is 0.0288. The van der Waals surface area contributed by atoms with Crippen LogP contribution < -0.4 is 5.32 Å². The third-order valence-corrected chi connectivity index (χ3v) is 3.04. The van der Waals surface area contributed by atoms with E-state index in [4.69, 9.17) is 9.47 Å². The van der Waals surface area contributed by atoms with Crippen LogP contribution in [0.1, 0.15) is 5.56 Å². The number of hydrogen-bond acceptors (Lipinski definition) is 5. The maximum absolute atomic E-state index is 5.30. The van der Waals surface area contributed by atoms with Gasteiger partial charge < -0.3 is 14.8 Å². The van der Waals surface area contributed by atoms with Crippen LogP contribution in [-0.4, -0.2) is 48.7 Å². The van der Waals surface area contributed by atoms with Crippen LogP contribution in [0.25, 0.3) is 11.3 Å². The number of rotatable bonds is 8. The first kappa shape index (κ1) is 14.6. The second kappa shape index (κ2) is 7.74.